The van der Waals surface area contributed by atoms with Gasteiger partial charge in [0, 0.05) is 0 Å². The largest absolute Gasteiger partial charge is 0.337 e. The molecular formula is C6H8N2OS. The maximum absolute atomic E-state index is 10.7. The van der Waals surface area contributed by atoms with Crippen molar-refractivity contribution in [2.24, 2.45) is 0 Å². The molecule has 0 bridgehead atoms. The first-order valence-corrected chi connectivity index (χ1v) is 3.69. The second kappa shape index (κ2) is 2.51. The van der Waals surface area contributed by atoms with Crippen LogP contribution in [0.5, 0.6) is 0 Å². The van der Waals surface area contributed by atoms with Gasteiger partial charge in [-0.1, -0.05) is 0 Å². The summed E-state index contributed by atoms with van der Waals surface area (Å²) in [4.78, 5) is 10.7. The predicted octanol–water partition coefficient (Wildman–Crippen LogP) is 0.0886. The summed E-state index contributed by atoms with van der Waals surface area (Å²) in [6.45, 7) is 0. The van der Waals surface area contributed by atoms with Gasteiger partial charge in [-0.05, 0) is 12.8 Å². The van der Waals surface area contributed by atoms with Crippen molar-refractivity contribution in [3.05, 3.63) is 0 Å². The predicted molar refractivity (Wildman–Crippen MR) is 39.6 cm³/mol. The van der Waals surface area contributed by atoms with Gasteiger partial charge in [-0.15, -0.1) is 0 Å². The topological polar surface area (TPSA) is 52.9 Å². The average Bonchev–Trinajstić information content (AvgIpc) is 2.70. The Morgan fingerprint density at radius 2 is 2.40 bits per heavy atom. The van der Waals surface area contributed by atoms with Crippen LogP contribution in [0.1, 0.15) is 12.8 Å². The zero-order chi connectivity index (χ0) is 7.61. The van der Waals surface area contributed by atoms with E-state index in [1.54, 1.807) is 0 Å². The quantitative estimate of drug-likeness (QED) is 0.557. The Balaban J connectivity index is 2.40. The summed E-state index contributed by atoms with van der Waals surface area (Å²) in [5.74, 6) is -0.00828. The number of carbonyl (C=O) groups excluding carboxylic acids is 1. The zero-order valence-electron chi connectivity index (χ0n) is 5.42. The molecule has 0 saturated heterocycles. The average molecular weight is 156 g/mol. The lowest BCUT2D eigenvalue weighted by atomic mass is 10.3. The van der Waals surface area contributed by atoms with Crippen molar-refractivity contribution in [2.45, 2.75) is 18.4 Å². The molecule has 4 heteroatoms. The number of hydrogen-bond donors (Lipinski definition) is 2. The number of amides is 1. The zero-order valence-corrected chi connectivity index (χ0v) is 6.32. The molecule has 3 nitrogen and oxygen atoms in total. The van der Waals surface area contributed by atoms with Crippen molar-refractivity contribution in [1.29, 1.82) is 5.26 Å². The summed E-state index contributed by atoms with van der Waals surface area (Å²) >= 11 is 3.77. The highest BCUT2D eigenvalue weighted by Crippen LogP contribution is 2.34. The van der Waals surface area contributed by atoms with Gasteiger partial charge >= 0.3 is 0 Å². The highest BCUT2D eigenvalue weighted by Gasteiger charge is 2.44. The molecule has 54 valence electrons. The minimum Gasteiger partial charge on any atom is -0.337 e. The summed E-state index contributed by atoms with van der Waals surface area (Å²) in [6, 6.07) is 2.05. The van der Waals surface area contributed by atoms with Crippen molar-refractivity contribution in [3.63, 3.8) is 0 Å². The molecule has 1 saturated carbocycles. The minimum absolute atomic E-state index is 0.156. The number of rotatable bonds is 2. The molecule has 0 unspecified atom stereocenters. The fourth-order valence-electron chi connectivity index (χ4n) is 0.696. The Hall–Kier alpha value is -0.690. The van der Waals surface area contributed by atoms with E-state index in [1.165, 1.54) is 0 Å². The molecule has 1 N–H and O–H groups in total. The van der Waals surface area contributed by atoms with Crippen molar-refractivity contribution >= 4 is 18.5 Å². The molecule has 0 heterocycles. The van der Waals surface area contributed by atoms with E-state index in [4.69, 9.17) is 5.26 Å². The third-order valence-electron chi connectivity index (χ3n) is 1.49. The molecule has 0 radical (unpaired) electrons. The van der Waals surface area contributed by atoms with Gasteiger partial charge in [0.05, 0.1) is 11.8 Å². The SMILES string of the molecule is N#CC1(NC(=O)CS)CC1. The van der Waals surface area contributed by atoms with Crippen LogP contribution in [0.3, 0.4) is 0 Å². The monoisotopic (exact) mass is 156 g/mol. The Bertz CT molecular complexity index is 192. The summed E-state index contributed by atoms with van der Waals surface area (Å²) in [6.07, 6.45) is 1.56. The van der Waals surface area contributed by atoms with E-state index in [1.807, 2.05) is 0 Å². The number of hydrogen-bond acceptors (Lipinski definition) is 3. The second-order valence-electron chi connectivity index (χ2n) is 2.40. The Kier molecular flexibility index (Phi) is 1.86. The van der Waals surface area contributed by atoms with Crippen molar-refractivity contribution in [2.75, 3.05) is 5.75 Å². The number of nitrogens with one attached hydrogen (secondary N) is 1. The molecular weight excluding hydrogens is 148 g/mol. The Morgan fingerprint density at radius 1 is 1.80 bits per heavy atom. The molecule has 1 amide bonds. The number of carbonyl (C=O) groups is 1. The van der Waals surface area contributed by atoms with Gasteiger partial charge in [-0.25, -0.2) is 0 Å². The van der Waals surface area contributed by atoms with Crippen LogP contribution < -0.4 is 5.32 Å². The maximum atomic E-state index is 10.7. The smallest absolute Gasteiger partial charge is 0.230 e. The fourth-order valence-corrected chi connectivity index (χ4v) is 0.775. The van der Waals surface area contributed by atoms with E-state index in [0.29, 0.717) is 0 Å². The van der Waals surface area contributed by atoms with Crippen molar-refractivity contribution in [1.82, 2.24) is 5.32 Å². The van der Waals surface area contributed by atoms with Gasteiger partial charge in [-0.2, -0.15) is 17.9 Å². The van der Waals surface area contributed by atoms with Crippen molar-refractivity contribution < 1.29 is 4.79 Å². The minimum atomic E-state index is -0.528. The summed E-state index contributed by atoms with van der Waals surface area (Å²) in [7, 11) is 0. The maximum Gasteiger partial charge on any atom is 0.230 e. The van der Waals surface area contributed by atoms with Crippen LogP contribution in [0.4, 0.5) is 0 Å². The molecule has 0 spiro atoms. The number of thiol groups is 1. The lowest BCUT2D eigenvalue weighted by Crippen LogP contribution is -2.36. The fraction of sp³-hybridized carbons (Fsp3) is 0.667. The number of nitriles is 1. The van der Waals surface area contributed by atoms with Crippen LogP contribution in [-0.2, 0) is 4.79 Å². The molecule has 0 atom stereocenters. The highest BCUT2D eigenvalue weighted by molar-refractivity contribution is 7.81. The Morgan fingerprint density at radius 3 is 2.70 bits per heavy atom. The molecule has 0 aromatic carbocycles. The van der Waals surface area contributed by atoms with Gasteiger partial charge in [0.1, 0.15) is 5.54 Å². The van der Waals surface area contributed by atoms with E-state index in [2.05, 4.69) is 24.0 Å². The molecule has 1 aliphatic carbocycles. The highest BCUT2D eigenvalue weighted by atomic mass is 32.1. The van der Waals surface area contributed by atoms with Crippen LogP contribution in [0, 0.1) is 11.3 Å². The van der Waals surface area contributed by atoms with Gasteiger partial charge < -0.3 is 5.32 Å². The molecule has 1 rings (SSSR count). The molecule has 1 fully saturated rings. The van der Waals surface area contributed by atoms with Crippen LogP contribution in [0.25, 0.3) is 0 Å². The summed E-state index contributed by atoms with van der Waals surface area (Å²) < 4.78 is 0. The van der Waals surface area contributed by atoms with Gasteiger partial charge in [0.25, 0.3) is 0 Å². The molecule has 10 heavy (non-hydrogen) atoms. The lowest BCUT2D eigenvalue weighted by Gasteiger charge is -2.05. The van der Waals surface area contributed by atoms with Crippen LogP contribution >= 0.6 is 12.6 Å². The molecule has 0 aliphatic heterocycles. The first-order chi connectivity index (χ1) is 4.72. The van der Waals surface area contributed by atoms with Crippen LogP contribution in [0.2, 0.25) is 0 Å². The van der Waals surface area contributed by atoms with Gasteiger partial charge in [0.2, 0.25) is 5.91 Å². The number of nitrogens with zero attached hydrogens (tertiary/aromatic N) is 1. The molecule has 0 aromatic heterocycles. The third kappa shape index (κ3) is 1.42. The first-order valence-electron chi connectivity index (χ1n) is 3.05. The van der Waals surface area contributed by atoms with Gasteiger partial charge in [-0.3, -0.25) is 4.79 Å². The lowest BCUT2D eigenvalue weighted by molar-refractivity contribution is -0.119. The second-order valence-corrected chi connectivity index (χ2v) is 2.72. The summed E-state index contributed by atoms with van der Waals surface area (Å²) in [5.41, 5.74) is -0.528. The van der Waals surface area contributed by atoms with Crippen LogP contribution in [-0.4, -0.2) is 17.2 Å². The first kappa shape index (κ1) is 7.42. The Labute approximate surface area is 64.8 Å². The summed E-state index contributed by atoms with van der Waals surface area (Å²) in [5, 5.41) is 11.1. The molecule has 1 aliphatic rings. The van der Waals surface area contributed by atoms with Crippen molar-refractivity contribution in [3.8, 4) is 6.07 Å². The normalized spacial score (nSPS) is 19.2. The van der Waals surface area contributed by atoms with E-state index in [0.717, 1.165) is 12.8 Å². The van der Waals surface area contributed by atoms with E-state index < -0.39 is 5.54 Å². The standard InChI is InChI=1S/C6H8N2OS/c7-4-6(1-2-6)8-5(9)3-10/h10H,1-3H2,(H,8,9). The van der Waals surface area contributed by atoms with Gasteiger partial charge in [0.15, 0.2) is 0 Å². The third-order valence-corrected chi connectivity index (χ3v) is 1.77. The van der Waals surface area contributed by atoms with E-state index in [9.17, 15) is 4.79 Å². The van der Waals surface area contributed by atoms with Crippen LogP contribution in [0.15, 0.2) is 0 Å². The van der Waals surface area contributed by atoms with E-state index >= 15 is 0 Å². The molecule has 0 aromatic rings. The van der Waals surface area contributed by atoms with E-state index in [-0.39, 0.29) is 11.7 Å².